The van der Waals surface area contributed by atoms with Crippen LogP contribution in [0.25, 0.3) is 10.9 Å². The van der Waals surface area contributed by atoms with Crippen molar-refractivity contribution in [2.75, 3.05) is 13.2 Å². The third-order valence-corrected chi connectivity index (χ3v) is 6.90. The fourth-order valence-electron chi connectivity index (χ4n) is 3.41. The highest BCUT2D eigenvalue weighted by atomic mass is 31.2. The van der Waals surface area contributed by atoms with Gasteiger partial charge >= 0.3 is 7.60 Å². The number of hydrogen-bond donors (Lipinski definition) is 0. The minimum Gasteiger partial charge on any atom is -0.305 e. The van der Waals surface area contributed by atoms with Crippen molar-refractivity contribution < 1.29 is 13.6 Å². The Morgan fingerprint density at radius 1 is 0.690 bits per heavy atom. The van der Waals surface area contributed by atoms with Crippen LogP contribution in [0.1, 0.15) is 30.5 Å². The van der Waals surface area contributed by atoms with E-state index in [0.717, 1.165) is 22.3 Å². The normalized spacial score (nSPS) is 17.4. The van der Waals surface area contributed by atoms with Crippen LogP contribution >= 0.6 is 7.60 Å². The zero-order valence-corrected chi connectivity index (χ0v) is 17.6. The lowest BCUT2D eigenvalue weighted by Crippen LogP contribution is -2.29. The average Bonchev–Trinajstić information content (AvgIpc) is 2.76. The van der Waals surface area contributed by atoms with E-state index in [1.807, 2.05) is 91.0 Å². The molecule has 1 aliphatic rings. The minimum absolute atomic E-state index is 0.171. The minimum atomic E-state index is -3.53. The van der Waals surface area contributed by atoms with E-state index >= 15 is 0 Å². The van der Waals surface area contributed by atoms with E-state index in [1.165, 1.54) is 0 Å². The molecule has 29 heavy (non-hydrogen) atoms. The van der Waals surface area contributed by atoms with E-state index < -0.39 is 7.60 Å². The molecule has 4 rings (SSSR count). The fourth-order valence-corrected chi connectivity index (χ4v) is 5.78. The van der Waals surface area contributed by atoms with Crippen LogP contribution in [-0.2, 0) is 13.6 Å². The summed E-state index contributed by atoms with van der Waals surface area (Å²) in [6, 6.07) is 29.8. The molecule has 0 radical (unpaired) electrons. The highest BCUT2D eigenvalue weighted by Crippen LogP contribution is 2.66. The van der Waals surface area contributed by atoms with E-state index in [4.69, 9.17) is 9.05 Å². The topological polar surface area (TPSA) is 35.5 Å². The predicted octanol–water partition coefficient (Wildman–Crippen LogP) is 6.87. The molecule has 148 valence electrons. The molecular formula is C25H25O3P. The van der Waals surface area contributed by atoms with Gasteiger partial charge in [0.2, 0.25) is 0 Å². The summed E-state index contributed by atoms with van der Waals surface area (Å²) in [7, 11) is -3.53. The molecule has 1 fully saturated rings. The number of rotatable bonds is 4. The van der Waals surface area contributed by atoms with Gasteiger partial charge in [-0.25, -0.2) is 0 Å². The molecule has 1 heterocycles. The first-order valence-electron chi connectivity index (χ1n) is 9.79. The summed E-state index contributed by atoms with van der Waals surface area (Å²) in [5.41, 5.74) is 3.50. The van der Waals surface area contributed by atoms with Gasteiger partial charge in [-0.05, 0) is 16.7 Å². The highest BCUT2D eigenvalue weighted by molar-refractivity contribution is 7.65. The van der Waals surface area contributed by atoms with Gasteiger partial charge in [0.15, 0.2) is 0 Å². The molecule has 1 aliphatic heterocycles. The molecule has 0 aliphatic carbocycles. The Bertz CT molecular complexity index is 986. The maximum absolute atomic E-state index is 14.1. The Balaban J connectivity index is 2.01. The number of benzene rings is 3. The summed E-state index contributed by atoms with van der Waals surface area (Å²) < 4.78 is 26.1. The van der Waals surface area contributed by atoms with Crippen molar-refractivity contribution in [2.45, 2.75) is 13.8 Å². The van der Waals surface area contributed by atoms with Crippen molar-refractivity contribution in [3.05, 3.63) is 108 Å². The van der Waals surface area contributed by atoms with Crippen molar-refractivity contribution in [3.63, 3.8) is 0 Å². The van der Waals surface area contributed by atoms with Crippen LogP contribution in [0, 0.1) is 5.41 Å². The first-order valence-corrected chi connectivity index (χ1v) is 11.3. The fraction of sp³-hybridized carbons (Fsp3) is 0.200. The Morgan fingerprint density at radius 2 is 1.07 bits per heavy atom. The molecule has 3 nitrogen and oxygen atoms in total. The summed E-state index contributed by atoms with van der Waals surface area (Å²) in [5, 5.41) is 0.617. The Labute approximate surface area is 172 Å². The molecular weight excluding hydrogens is 379 g/mol. The van der Waals surface area contributed by atoms with Crippen LogP contribution in [0.15, 0.2) is 91.0 Å². The zero-order chi connectivity index (χ0) is 20.3. The van der Waals surface area contributed by atoms with Crippen molar-refractivity contribution in [2.24, 2.45) is 5.41 Å². The molecule has 0 bridgehead atoms. The van der Waals surface area contributed by atoms with Crippen molar-refractivity contribution in [1.82, 2.24) is 0 Å². The predicted molar refractivity (Wildman–Crippen MR) is 119 cm³/mol. The number of hydrogen-bond acceptors (Lipinski definition) is 3. The third-order valence-electron chi connectivity index (χ3n) is 4.93. The Kier molecular flexibility index (Phi) is 5.56. The molecule has 0 spiro atoms. The van der Waals surface area contributed by atoms with Crippen molar-refractivity contribution in [1.29, 1.82) is 0 Å². The molecule has 3 aromatic carbocycles. The van der Waals surface area contributed by atoms with Crippen LogP contribution in [0.3, 0.4) is 0 Å². The molecule has 0 aromatic heterocycles. The summed E-state index contributed by atoms with van der Waals surface area (Å²) in [6.45, 7) is 4.88. The van der Waals surface area contributed by atoms with Gasteiger partial charge in [0.25, 0.3) is 0 Å². The van der Waals surface area contributed by atoms with Crippen LogP contribution in [0.2, 0.25) is 0 Å². The molecule has 0 amide bonds. The highest BCUT2D eigenvalue weighted by Gasteiger charge is 2.42. The van der Waals surface area contributed by atoms with Gasteiger partial charge < -0.3 is 9.05 Å². The lowest BCUT2D eigenvalue weighted by Gasteiger charge is -2.36. The van der Waals surface area contributed by atoms with E-state index in [1.54, 1.807) is 0 Å². The molecule has 0 N–H and O–H groups in total. The van der Waals surface area contributed by atoms with Gasteiger partial charge in [0, 0.05) is 11.0 Å². The van der Waals surface area contributed by atoms with E-state index in [2.05, 4.69) is 13.8 Å². The first kappa shape index (κ1) is 19.8. The third kappa shape index (κ3) is 4.28. The van der Waals surface area contributed by atoms with E-state index in [0.29, 0.717) is 18.5 Å². The molecule has 0 unspecified atom stereocenters. The molecule has 0 atom stereocenters. The summed E-state index contributed by atoms with van der Waals surface area (Å²) in [5.74, 6) is 0. The van der Waals surface area contributed by atoms with Crippen LogP contribution in [-0.4, -0.2) is 13.2 Å². The van der Waals surface area contributed by atoms with Gasteiger partial charge in [0.05, 0.1) is 18.5 Å². The van der Waals surface area contributed by atoms with E-state index in [9.17, 15) is 4.57 Å². The second-order valence-electron chi connectivity index (χ2n) is 8.03. The smallest absolute Gasteiger partial charge is 0.305 e. The lowest BCUT2D eigenvalue weighted by molar-refractivity contribution is 0.0468. The van der Waals surface area contributed by atoms with Gasteiger partial charge in [-0.1, -0.05) is 105 Å². The summed E-state index contributed by atoms with van der Waals surface area (Å²) in [4.78, 5) is 0. The van der Waals surface area contributed by atoms with Gasteiger partial charge in [-0.2, -0.15) is 0 Å². The quantitative estimate of drug-likeness (QED) is 0.352. The Hall–Kier alpha value is -2.45. The molecule has 0 saturated carbocycles. The molecule has 4 heteroatoms. The van der Waals surface area contributed by atoms with Gasteiger partial charge in [0.1, 0.15) is 0 Å². The maximum atomic E-state index is 14.1. The second-order valence-corrected chi connectivity index (χ2v) is 9.99. The Morgan fingerprint density at radius 3 is 1.48 bits per heavy atom. The van der Waals surface area contributed by atoms with Crippen LogP contribution < -0.4 is 0 Å². The molecule has 3 aromatic rings. The second kappa shape index (κ2) is 8.12. The van der Waals surface area contributed by atoms with Crippen LogP contribution in [0.4, 0.5) is 0 Å². The largest absolute Gasteiger partial charge is 0.362 e. The maximum Gasteiger partial charge on any atom is 0.362 e. The summed E-state index contributed by atoms with van der Waals surface area (Å²) >= 11 is 0. The average molecular weight is 404 g/mol. The molecule has 1 saturated heterocycles. The first-order chi connectivity index (χ1) is 14.0. The lowest BCUT2D eigenvalue weighted by atomic mass is 9.95. The standard InChI is InChI=1S/C25H25O3P/c1-25(2)18-27-29(26,28-19-25)24(22-16-10-5-11-17-22)23(20-12-6-3-7-13-20)21-14-8-4-9-15-21/h3-17H,18-19H2,1-2H3. The van der Waals surface area contributed by atoms with Crippen molar-refractivity contribution >= 4 is 18.5 Å². The monoisotopic (exact) mass is 404 g/mol. The van der Waals surface area contributed by atoms with Crippen molar-refractivity contribution in [3.8, 4) is 0 Å². The van der Waals surface area contributed by atoms with Gasteiger partial charge in [-0.3, -0.25) is 4.57 Å². The van der Waals surface area contributed by atoms with E-state index in [-0.39, 0.29) is 5.41 Å². The SMILES string of the molecule is CC1(C)COP(=O)(C(=C(c2ccccc2)c2ccccc2)c2ccccc2)OC1. The van der Waals surface area contributed by atoms with Gasteiger partial charge in [-0.15, -0.1) is 0 Å². The van der Waals surface area contributed by atoms with Crippen LogP contribution in [0.5, 0.6) is 0 Å². The summed E-state index contributed by atoms with van der Waals surface area (Å²) in [6.07, 6.45) is 0. The zero-order valence-electron chi connectivity index (χ0n) is 16.7.